The molecular formula is C9H20N2O2S. The zero-order valence-electron chi connectivity index (χ0n) is 8.58. The highest BCUT2D eigenvalue weighted by Gasteiger charge is 1.87. The van der Waals surface area contributed by atoms with Crippen LogP contribution in [0.25, 0.3) is 0 Å². The maximum absolute atomic E-state index is 4.50. The first-order chi connectivity index (χ1) is 5.93. The summed E-state index contributed by atoms with van der Waals surface area (Å²) in [6, 6.07) is 10.4. The molecule has 7 N–H and O–H groups in total. The van der Waals surface area contributed by atoms with Crippen LogP contribution in [-0.4, -0.2) is 25.0 Å². The van der Waals surface area contributed by atoms with Crippen LogP contribution in [0.1, 0.15) is 5.56 Å². The van der Waals surface area contributed by atoms with Crippen molar-refractivity contribution in [1.29, 1.82) is 0 Å². The van der Waals surface area contributed by atoms with Crippen LogP contribution in [0.2, 0.25) is 0 Å². The van der Waals surface area contributed by atoms with Crippen molar-refractivity contribution in [2.45, 2.75) is 5.75 Å². The topological polar surface area (TPSA) is 101 Å². The van der Waals surface area contributed by atoms with Crippen molar-refractivity contribution in [3.63, 3.8) is 0 Å². The van der Waals surface area contributed by atoms with Gasteiger partial charge in [0.05, 0.1) is 0 Å². The average molecular weight is 220 g/mol. The van der Waals surface area contributed by atoms with Crippen molar-refractivity contribution in [2.24, 2.45) is 5.73 Å². The minimum atomic E-state index is 0. The van der Waals surface area contributed by atoms with Gasteiger partial charge in [0.2, 0.25) is 0 Å². The number of hydrogen-bond acceptors (Lipinski definition) is 3. The van der Waals surface area contributed by atoms with Gasteiger partial charge in [0.1, 0.15) is 0 Å². The van der Waals surface area contributed by atoms with Gasteiger partial charge in [0.25, 0.3) is 0 Å². The summed E-state index contributed by atoms with van der Waals surface area (Å²) in [6.07, 6.45) is 0. The van der Waals surface area contributed by atoms with Gasteiger partial charge in [-0.15, -0.1) is 0 Å². The molecule has 0 aliphatic heterocycles. The van der Waals surface area contributed by atoms with E-state index in [2.05, 4.69) is 34.7 Å². The Bertz CT molecular complexity index is 185. The summed E-state index contributed by atoms with van der Waals surface area (Å²) in [4.78, 5) is 0. The van der Waals surface area contributed by atoms with E-state index in [4.69, 9.17) is 0 Å². The molecule has 0 heterocycles. The Hall–Kier alpha value is -0.590. The molecule has 0 unspecified atom stereocenters. The van der Waals surface area contributed by atoms with Crippen molar-refractivity contribution in [2.75, 3.05) is 14.1 Å². The molecule has 0 fully saturated rings. The standard InChI is InChI=1S/C8H11NS.CH5N.2H2O/c1-9-10-7-8-5-3-2-4-6-8;1-2;;/h2-6,9H,7H2,1H3;2H2,1H3;2*1H2. The number of rotatable bonds is 3. The van der Waals surface area contributed by atoms with E-state index in [1.54, 1.807) is 11.9 Å². The van der Waals surface area contributed by atoms with Crippen LogP contribution >= 0.6 is 11.9 Å². The summed E-state index contributed by atoms with van der Waals surface area (Å²) < 4.78 is 3.03. The van der Waals surface area contributed by atoms with Gasteiger partial charge < -0.3 is 16.7 Å². The Morgan fingerprint density at radius 3 is 2.07 bits per heavy atom. The zero-order chi connectivity index (χ0) is 9.23. The second-order valence-electron chi connectivity index (χ2n) is 1.98. The lowest BCUT2D eigenvalue weighted by Gasteiger charge is -1.97. The molecule has 0 atom stereocenters. The third kappa shape index (κ3) is 9.50. The summed E-state index contributed by atoms with van der Waals surface area (Å²) >= 11 is 1.71. The Morgan fingerprint density at radius 1 is 1.14 bits per heavy atom. The molecule has 0 aliphatic carbocycles. The van der Waals surface area contributed by atoms with Crippen LogP contribution < -0.4 is 10.5 Å². The van der Waals surface area contributed by atoms with Gasteiger partial charge >= 0.3 is 0 Å². The molecule has 0 aliphatic rings. The second-order valence-corrected chi connectivity index (χ2v) is 2.96. The first-order valence-corrected chi connectivity index (χ1v) is 4.82. The Kier molecular flexibility index (Phi) is 20.3. The molecule has 84 valence electrons. The monoisotopic (exact) mass is 220 g/mol. The number of hydrogen-bond donors (Lipinski definition) is 2. The van der Waals surface area contributed by atoms with Gasteiger partial charge in [0, 0.05) is 5.75 Å². The van der Waals surface area contributed by atoms with Crippen LogP contribution in [0, 0.1) is 0 Å². The predicted molar refractivity (Wildman–Crippen MR) is 64.1 cm³/mol. The SMILES string of the molecule is CN.CNSCc1ccccc1.O.O. The van der Waals surface area contributed by atoms with Crippen molar-refractivity contribution in [1.82, 2.24) is 4.72 Å². The number of nitrogens with two attached hydrogens (primary N) is 1. The molecular weight excluding hydrogens is 200 g/mol. The van der Waals surface area contributed by atoms with Crippen LogP contribution in [0.3, 0.4) is 0 Å². The number of nitrogens with one attached hydrogen (secondary N) is 1. The zero-order valence-corrected chi connectivity index (χ0v) is 9.40. The van der Waals surface area contributed by atoms with Crippen molar-refractivity contribution in [3.8, 4) is 0 Å². The maximum atomic E-state index is 4.50. The van der Waals surface area contributed by atoms with E-state index >= 15 is 0 Å². The minimum Gasteiger partial charge on any atom is -0.412 e. The Morgan fingerprint density at radius 2 is 1.64 bits per heavy atom. The summed E-state index contributed by atoms with van der Waals surface area (Å²) in [5.41, 5.74) is 5.86. The summed E-state index contributed by atoms with van der Waals surface area (Å²) in [5.74, 6) is 1.04. The van der Waals surface area contributed by atoms with Crippen molar-refractivity contribution >= 4 is 11.9 Å². The Balaban J connectivity index is -0.000000284. The molecule has 0 saturated carbocycles. The van der Waals surface area contributed by atoms with Crippen molar-refractivity contribution in [3.05, 3.63) is 35.9 Å². The molecule has 0 amide bonds. The molecule has 14 heavy (non-hydrogen) atoms. The lowest BCUT2D eigenvalue weighted by molar-refractivity contribution is 0.823. The number of benzene rings is 1. The predicted octanol–water partition coefficient (Wildman–Crippen LogP) is -0.0203. The highest BCUT2D eigenvalue weighted by atomic mass is 32.2. The largest absolute Gasteiger partial charge is 0.412 e. The highest BCUT2D eigenvalue weighted by molar-refractivity contribution is 7.96. The van der Waals surface area contributed by atoms with Gasteiger partial charge in [-0.05, 0) is 19.7 Å². The third-order valence-electron chi connectivity index (χ3n) is 1.23. The fourth-order valence-corrected chi connectivity index (χ4v) is 1.23. The summed E-state index contributed by atoms with van der Waals surface area (Å²) in [6.45, 7) is 0. The van der Waals surface area contributed by atoms with Crippen LogP contribution in [-0.2, 0) is 5.75 Å². The normalized spacial score (nSPS) is 7.36. The fraction of sp³-hybridized carbons (Fsp3) is 0.333. The molecule has 1 aromatic rings. The highest BCUT2D eigenvalue weighted by Crippen LogP contribution is 2.06. The van der Waals surface area contributed by atoms with Gasteiger partial charge in [-0.2, -0.15) is 0 Å². The first kappa shape index (κ1) is 19.1. The fourth-order valence-electron chi connectivity index (χ4n) is 0.730. The van der Waals surface area contributed by atoms with Gasteiger partial charge in [-0.1, -0.05) is 42.3 Å². The summed E-state index contributed by atoms with van der Waals surface area (Å²) in [5, 5.41) is 0. The molecule has 4 nitrogen and oxygen atoms in total. The van der Waals surface area contributed by atoms with E-state index in [1.165, 1.54) is 12.6 Å². The third-order valence-corrected chi connectivity index (χ3v) is 1.99. The molecule has 0 saturated heterocycles. The molecule has 0 aromatic heterocycles. The van der Waals surface area contributed by atoms with Gasteiger partial charge in [-0.25, -0.2) is 0 Å². The first-order valence-electron chi connectivity index (χ1n) is 3.83. The second kappa shape index (κ2) is 14.9. The van der Waals surface area contributed by atoms with Gasteiger partial charge in [-0.3, -0.25) is 4.72 Å². The molecule has 0 spiro atoms. The molecule has 1 aromatic carbocycles. The Labute approximate surface area is 89.6 Å². The maximum Gasteiger partial charge on any atom is 0.0330 e. The molecule has 5 heteroatoms. The van der Waals surface area contributed by atoms with E-state index in [1.807, 2.05) is 13.1 Å². The molecule has 0 radical (unpaired) electrons. The van der Waals surface area contributed by atoms with Crippen LogP contribution in [0.4, 0.5) is 0 Å². The lowest BCUT2D eigenvalue weighted by Crippen LogP contribution is -1.91. The molecule has 0 bridgehead atoms. The van der Waals surface area contributed by atoms with Crippen LogP contribution in [0.15, 0.2) is 30.3 Å². The lowest BCUT2D eigenvalue weighted by atomic mass is 10.2. The van der Waals surface area contributed by atoms with Gasteiger partial charge in [0.15, 0.2) is 0 Å². The van der Waals surface area contributed by atoms with Crippen LogP contribution in [0.5, 0.6) is 0 Å². The smallest absolute Gasteiger partial charge is 0.0330 e. The van der Waals surface area contributed by atoms with E-state index in [0.29, 0.717) is 0 Å². The quantitative estimate of drug-likeness (QED) is 0.700. The average Bonchev–Trinajstić information content (AvgIpc) is 2.19. The minimum absolute atomic E-state index is 0. The summed E-state index contributed by atoms with van der Waals surface area (Å²) in [7, 11) is 3.44. The van der Waals surface area contributed by atoms with E-state index < -0.39 is 0 Å². The van der Waals surface area contributed by atoms with E-state index in [9.17, 15) is 0 Å². The van der Waals surface area contributed by atoms with E-state index in [-0.39, 0.29) is 11.0 Å². The van der Waals surface area contributed by atoms with Crippen molar-refractivity contribution < 1.29 is 11.0 Å². The van der Waals surface area contributed by atoms with E-state index in [0.717, 1.165) is 5.75 Å². The molecule has 1 rings (SSSR count).